The smallest absolute Gasteiger partial charge is 0.410 e. The maximum atomic E-state index is 14.4. The van der Waals surface area contributed by atoms with Gasteiger partial charge in [0.25, 0.3) is 0 Å². The van der Waals surface area contributed by atoms with E-state index < -0.39 is 17.0 Å². The first-order valence-corrected chi connectivity index (χ1v) is 11.5. The molecule has 35 heavy (non-hydrogen) atoms. The topological polar surface area (TPSA) is 98.9 Å². The van der Waals surface area contributed by atoms with E-state index >= 15 is 0 Å². The highest BCUT2D eigenvalue weighted by Gasteiger charge is 2.39. The van der Waals surface area contributed by atoms with Gasteiger partial charge in [-0.1, -0.05) is 0 Å². The fourth-order valence-corrected chi connectivity index (χ4v) is 4.19. The molecule has 0 spiro atoms. The Balaban J connectivity index is 1.42. The minimum Gasteiger partial charge on any atom is -0.444 e. The van der Waals surface area contributed by atoms with Gasteiger partial charge in [0.2, 0.25) is 0 Å². The van der Waals surface area contributed by atoms with E-state index in [1.165, 1.54) is 6.07 Å². The lowest BCUT2D eigenvalue weighted by atomic mass is 9.99. The third kappa shape index (κ3) is 5.36. The molecule has 0 bridgehead atoms. The molecule has 186 valence electrons. The van der Waals surface area contributed by atoms with Crippen molar-refractivity contribution in [1.29, 1.82) is 5.41 Å². The summed E-state index contributed by atoms with van der Waals surface area (Å²) in [7, 11) is 0. The number of aryl methyl sites for hydroxylation is 1. The van der Waals surface area contributed by atoms with Crippen LogP contribution in [-0.4, -0.2) is 62.0 Å². The van der Waals surface area contributed by atoms with Gasteiger partial charge in [0.15, 0.2) is 11.5 Å². The Labute approximate surface area is 204 Å². The number of halogens is 1. The van der Waals surface area contributed by atoms with Crippen LogP contribution in [0, 0.1) is 18.2 Å². The van der Waals surface area contributed by atoms with E-state index in [1.54, 1.807) is 40.9 Å². The molecule has 0 aromatic carbocycles. The van der Waals surface area contributed by atoms with Crippen molar-refractivity contribution in [2.75, 3.05) is 29.9 Å². The maximum absolute atomic E-state index is 14.4. The molecule has 1 aliphatic heterocycles. The lowest BCUT2D eigenvalue weighted by molar-refractivity contribution is 0.000373. The second kappa shape index (κ2) is 8.83. The van der Waals surface area contributed by atoms with Crippen LogP contribution in [0.25, 0.3) is 5.65 Å². The van der Waals surface area contributed by atoms with Crippen LogP contribution < -0.4 is 10.2 Å². The Bertz CT molecular complexity index is 1260. The summed E-state index contributed by atoms with van der Waals surface area (Å²) in [4.78, 5) is 25.2. The molecule has 1 aliphatic rings. The monoisotopic (exact) mass is 481 g/mol. The Kier molecular flexibility index (Phi) is 6.16. The molecule has 0 aliphatic carbocycles. The second-order valence-corrected chi connectivity index (χ2v) is 10.5. The van der Waals surface area contributed by atoms with E-state index in [0.29, 0.717) is 36.7 Å². The van der Waals surface area contributed by atoms with Crippen molar-refractivity contribution in [3.63, 3.8) is 0 Å². The molecule has 0 unspecified atom stereocenters. The van der Waals surface area contributed by atoms with Gasteiger partial charge in [-0.15, -0.1) is 0 Å². The van der Waals surface area contributed by atoms with Gasteiger partial charge in [0, 0.05) is 37.6 Å². The molecule has 1 saturated heterocycles. The van der Waals surface area contributed by atoms with Crippen molar-refractivity contribution in [1.82, 2.24) is 19.3 Å². The van der Waals surface area contributed by atoms with Gasteiger partial charge in [0.1, 0.15) is 17.3 Å². The highest BCUT2D eigenvalue weighted by atomic mass is 19.1. The summed E-state index contributed by atoms with van der Waals surface area (Å²) in [6, 6.07) is 5.00. The third-order valence-corrected chi connectivity index (χ3v) is 5.80. The van der Waals surface area contributed by atoms with Crippen LogP contribution in [0.5, 0.6) is 0 Å². The molecule has 4 heterocycles. The molecule has 3 aromatic heterocycles. The molecule has 10 heteroatoms. The first kappa shape index (κ1) is 24.4. The molecular weight excluding hydrogens is 449 g/mol. The lowest BCUT2D eigenvalue weighted by Gasteiger charge is -2.47. The summed E-state index contributed by atoms with van der Waals surface area (Å²) in [5.41, 5.74) is 1.27. The SMILES string of the molecule is Cc1cn2cc(C(=N)Nc3ccc(N4CCN(C(=O)OC(C)(C)C)C(C)(C)C4)cn3)cc(F)c2n1. The summed E-state index contributed by atoms with van der Waals surface area (Å²) in [6.45, 7) is 13.2. The number of amides is 1. The van der Waals surface area contributed by atoms with E-state index in [9.17, 15) is 9.18 Å². The van der Waals surface area contributed by atoms with Crippen LogP contribution in [0.4, 0.5) is 20.7 Å². The average molecular weight is 482 g/mol. The number of piperazine rings is 1. The number of carbonyl (C=O) groups excluding carboxylic acids is 1. The number of imidazole rings is 1. The van der Waals surface area contributed by atoms with Gasteiger partial charge < -0.3 is 19.4 Å². The van der Waals surface area contributed by atoms with E-state index in [0.717, 1.165) is 5.69 Å². The van der Waals surface area contributed by atoms with Crippen LogP contribution >= 0.6 is 0 Å². The minimum absolute atomic E-state index is 0.0320. The quantitative estimate of drug-likeness (QED) is 0.424. The molecular formula is C25H32FN7O2. The molecule has 3 aromatic rings. The van der Waals surface area contributed by atoms with Crippen LogP contribution in [0.3, 0.4) is 0 Å². The van der Waals surface area contributed by atoms with Crippen molar-refractivity contribution in [2.24, 2.45) is 0 Å². The van der Waals surface area contributed by atoms with Gasteiger partial charge in [0.05, 0.1) is 23.1 Å². The number of ether oxygens (including phenoxy) is 1. The standard InChI is InChI=1S/C25H32FN7O2/c1-16-13-32-14-17(11-19(26)22(32)29-16)21(27)30-20-8-7-18(12-28-20)31-9-10-33(25(5,6)15-31)23(34)35-24(2,3)4/h7-8,11-14H,9-10,15H2,1-6H3,(H2,27,28,30). The number of aromatic nitrogens is 3. The van der Waals surface area contributed by atoms with Gasteiger partial charge in [-0.25, -0.2) is 19.2 Å². The summed E-state index contributed by atoms with van der Waals surface area (Å²) in [5.74, 6) is 0.0239. The zero-order chi connectivity index (χ0) is 25.5. The number of amidine groups is 1. The van der Waals surface area contributed by atoms with E-state index in [4.69, 9.17) is 10.1 Å². The molecule has 0 saturated carbocycles. The number of fused-ring (bicyclic) bond motifs is 1. The zero-order valence-electron chi connectivity index (χ0n) is 21.0. The Hall–Kier alpha value is -3.69. The van der Waals surface area contributed by atoms with Crippen molar-refractivity contribution in [3.8, 4) is 0 Å². The predicted molar refractivity (Wildman–Crippen MR) is 134 cm³/mol. The maximum Gasteiger partial charge on any atom is 0.410 e. The highest BCUT2D eigenvalue weighted by molar-refractivity contribution is 6.05. The summed E-state index contributed by atoms with van der Waals surface area (Å²) < 4.78 is 21.5. The largest absolute Gasteiger partial charge is 0.444 e. The van der Waals surface area contributed by atoms with Crippen molar-refractivity contribution < 1.29 is 13.9 Å². The molecule has 4 rings (SSSR count). The Morgan fingerprint density at radius 3 is 2.60 bits per heavy atom. The first-order chi connectivity index (χ1) is 16.3. The number of carbonyl (C=O) groups is 1. The fraction of sp³-hybridized carbons (Fsp3) is 0.440. The number of nitrogens with one attached hydrogen (secondary N) is 2. The lowest BCUT2D eigenvalue weighted by Crippen LogP contribution is -2.61. The molecule has 0 radical (unpaired) electrons. The minimum atomic E-state index is -0.542. The number of pyridine rings is 2. The normalized spacial score (nSPS) is 15.9. The molecule has 1 amide bonds. The van der Waals surface area contributed by atoms with Gasteiger partial charge >= 0.3 is 6.09 Å². The summed E-state index contributed by atoms with van der Waals surface area (Å²) >= 11 is 0. The summed E-state index contributed by atoms with van der Waals surface area (Å²) in [6.07, 6.45) is 4.80. The molecule has 0 atom stereocenters. The van der Waals surface area contributed by atoms with Crippen molar-refractivity contribution in [2.45, 2.75) is 52.7 Å². The van der Waals surface area contributed by atoms with Crippen LogP contribution in [0.15, 0.2) is 36.8 Å². The zero-order valence-corrected chi connectivity index (χ0v) is 21.0. The first-order valence-electron chi connectivity index (χ1n) is 11.5. The van der Waals surface area contributed by atoms with Crippen LogP contribution in [0.2, 0.25) is 0 Å². The number of hydrogen-bond donors (Lipinski definition) is 2. The Morgan fingerprint density at radius 2 is 1.97 bits per heavy atom. The second-order valence-electron chi connectivity index (χ2n) is 10.5. The third-order valence-electron chi connectivity index (χ3n) is 5.80. The van der Waals surface area contributed by atoms with E-state index in [1.807, 2.05) is 40.7 Å². The van der Waals surface area contributed by atoms with Crippen LogP contribution in [0.1, 0.15) is 45.9 Å². The van der Waals surface area contributed by atoms with Gasteiger partial charge in [-0.3, -0.25) is 10.3 Å². The number of anilines is 2. The number of rotatable bonds is 3. The van der Waals surface area contributed by atoms with E-state index in [2.05, 4.69) is 20.2 Å². The summed E-state index contributed by atoms with van der Waals surface area (Å²) in [5, 5.41) is 11.3. The van der Waals surface area contributed by atoms with Crippen molar-refractivity contribution >= 4 is 29.1 Å². The average Bonchev–Trinajstić information content (AvgIpc) is 3.13. The highest BCUT2D eigenvalue weighted by Crippen LogP contribution is 2.27. The van der Waals surface area contributed by atoms with E-state index in [-0.39, 0.29) is 17.6 Å². The van der Waals surface area contributed by atoms with Gasteiger partial charge in [-0.2, -0.15) is 0 Å². The van der Waals surface area contributed by atoms with Gasteiger partial charge in [-0.05, 0) is 59.7 Å². The predicted octanol–water partition coefficient (Wildman–Crippen LogP) is 4.45. The number of nitrogens with zero attached hydrogens (tertiary/aromatic N) is 5. The van der Waals surface area contributed by atoms with Crippen LogP contribution in [-0.2, 0) is 4.74 Å². The van der Waals surface area contributed by atoms with Crippen molar-refractivity contribution in [3.05, 3.63) is 53.9 Å². The number of hydrogen-bond acceptors (Lipinski definition) is 6. The fourth-order valence-electron chi connectivity index (χ4n) is 4.19. The molecule has 2 N–H and O–H groups in total. The molecule has 9 nitrogen and oxygen atoms in total. The molecule has 1 fully saturated rings. The Morgan fingerprint density at radius 1 is 1.23 bits per heavy atom.